The molecule has 20 heavy (non-hydrogen) atoms. The van der Waals surface area contributed by atoms with Crippen LogP contribution >= 0.6 is 27.5 Å². The number of ether oxygens (including phenoxy) is 1. The molecule has 0 bridgehead atoms. The van der Waals surface area contributed by atoms with E-state index in [1.54, 1.807) is 0 Å². The molecular weight excluding hydrogens is 345 g/mol. The number of halogens is 3. The number of nitrogens with one attached hydrogen (secondary N) is 1. The highest BCUT2D eigenvalue weighted by Gasteiger charge is 2.08. The van der Waals surface area contributed by atoms with Crippen molar-refractivity contribution in [3.05, 3.63) is 62.8 Å². The highest BCUT2D eigenvalue weighted by Crippen LogP contribution is 2.31. The second-order valence-corrected chi connectivity index (χ2v) is 5.60. The maximum atomic E-state index is 13.4. The van der Waals surface area contributed by atoms with Gasteiger partial charge in [0.25, 0.3) is 0 Å². The predicted molar refractivity (Wildman–Crippen MR) is 82.6 cm³/mol. The Morgan fingerprint density at radius 3 is 2.75 bits per heavy atom. The van der Waals surface area contributed by atoms with E-state index in [-0.39, 0.29) is 5.02 Å². The zero-order chi connectivity index (χ0) is 14.5. The fourth-order valence-electron chi connectivity index (χ4n) is 1.81. The Morgan fingerprint density at radius 1 is 1.25 bits per heavy atom. The smallest absolute Gasteiger partial charge is 0.145 e. The van der Waals surface area contributed by atoms with Gasteiger partial charge in [0.15, 0.2) is 0 Å². The van der Waals surface area contributed by atoms with Crippen molar-refractivity contribution in [1.82, 2.24) is 5.32 Å². The van der Waals surface area contributed by atoms with Gasteiger partial charge in [0.05, 0.1) is 9.50 Å². The lowest BCUT2D eigenvalue weighted by Crippen LogP contribution is -2.05. The first-order valence-electron chi connectivity index (χ1n) is 6.10. The number of hydrogen-bond donors (Lipinski definition) is 1. The van der Waals surface area contributed by atoms with Crippen LogP contribution in [0.3, 0.4) is 0 Å². The second-order valence-electron chi connectivity index (χ2n) is 4.34. The first kappa shape index (κ1) is 15.3. The Labute approximate surface area is 131 Å². The predicted octanol–water partition coefficient (Wildman–Crippen LogP) is 4.54. The van der Waals surface area contributed by atoms with Gasteiger partial charge in [-0.1, -0.05) is 35.9 Å². The van der Waals surface area contributed by atoms with Crippen LogP contribution in [0.5, 0.6) is 5.75 Å². The molecule has 0 spiro atoms. The van der Waals surface area contributed by atoms with Crippen molar-refractivity contribution in [2.75, 3.05) is 7.05 Å². The SMILES string of the molecule is CNCc1cccc(COc2cc(F)c(Cl)cc2Br)c1. The fraction of sp³-hybridized carbons (Fsp3) is 0.200. The minimum Gasteiger partial charge on any atom is -0.488 e. The monoisotopic (exact) mass is 357 g/mol. The van der Waals surface area contributed by atoms with E-state index < -0.39 is 5.82 Å². The second kappa shape index (κ2) is 7.07. The van der Waals surface area contributed by atoms with E-state index in [0.717, 1.165) is 12.1 Å². The van der Waals surface area contributed by atoms with E-state index >= 15 is 0 Å². The van der Waals surface area contributed by atoms with Crippen molar-refractivity contribution in [3.63, 3.8) is 0 Å². The molecule has 0 saturated heterocycles. The van der Waals surface area contributed by atoms with Crippen molar-refractivity contribution in [3.8, 4) is 5.75 Å². The van der Waals surface area contributed by atoms with Gasteiger partial charge < -0.3 is 10.1 Å². The minimum atomic E-state index is -0.492. The summed E-state index contributed by atoms with van der Waals surface area (Å²) in [6.45, 7) is 1.17. The van der Waals surface area contributed by atoms with Gasteiger partial charge in [0, 0.05) is 12.6 Å². The molecule has 0 amide bonds. The van der Waals surface area contributed by atoms with Crippen LogP contribution in [0.4, 0.5) is 4.39 Å². The molecule has 2 rings (SSSR count). The van der Waals surface area contributed by atoms with Crippen molar-refractivity contribution in [2.24, 2.45) is 0 Å². The molecular formula is C15H14BrClFNO. The summed E-state index contributed by atoms with van der Waals surface area (Å²) in [6, 6.07) is 10.8. The van der Waals surface area contributed by atoms with Crippen LogP contribution in [0.25, 0.3) is 0 Å². The summed E-state index contributed by atoms with van der Waals surface area (Å²) >= 11 is 9.00. The van der Waals surface area contributed by atoms with E-state index in [0.29, 0.717) is 16.8 Å². The maximum absolute atomic E-state index is 13.4. The molecule has 0 aliphatic heterocycles. The summed E-state index contributed by atoms with van der Waals surface area (Å²) in [6.07, 6.45) is 0. The molecule has 2 aromatic carbocycles. The fourth-order valence-corrected chi connectivity index (χ4v) is 2.56. The molecule has 0 aliphatic carbocycles. The van der Waals surface area contributed by atoms with Gasteiger partial charge in [0.2, 0.25) is 0 Å². The Bertz CT molecular complexity index is 606. The van der Waals surface area contributed by atoms with Crippen LogP contribution in [0, 0.1) is 5.82 Å². The summed E-state index contributed by atoms with van der Waals surface area (Å²) in [5, 5.41) is 3.16. The highest BCUT2D eigenvalue weighted by molar-refractivity contribution is 9.10. The number of rotatable bonds is 5. The average molecular weight is 359 g/mol. The van der Waals surface area contributed by atoms with Gasteiger partial charge in [-0.3, -0.25) is 0 Å². The first-order chi connectivity index (χ1) is 9.60. The van der Waals surface area contributed by atoms with Crippen LogP contribution in [0.15, 0.2) is 40.9 Å². The molecule has 2 aromatic rings. The topological polar surface area (TPSA) is 21.3 Å². The van der Waals surface area contributed by atoms with Crippen LogP contribution in [0.1, 0.15) is 11.1 Å². The molecule has 5 heteroatoms. The first-order valence-corrected chi connectivity index (χ1v) is 7.27. The van der Waals surface area contributed by atoms with Gasteiger partial charge in [-0.15, -0.1) is 0 Å². The maximum Gasteiger partial charge on any atom is 0.145 e. The average Bonchev–Trinajstić information content (AvgIpc) is 2.42. The normalized spacial score (nSPS) is 10.6. The lowest BCUT2D eigenvalue weighted by Gasteiger charge is -2.10. The Morgan fingerprint density at radius 2 is 2.00 bits per heavy atom. The lowest BCUT2D eigenvalue weighted by atomic mass is 10.1. The molecule has 0 aliphatic rings. The molecule has 1 N–H and O–H groups in total. The number of benzene rings is 2. The van der Waals surface area contributed by atoms with Gasteiger partial charge >= 0.3 is 0 Å². The lowest BCUT2D eigenvalue weighted by molar-refractivity contribution is 0.302. The minimum absolute atomic E-state index is 0.0697. The molecule has 106 valence electrons. The van der Waals surface area contributed by atoms with E-state index in [9.17, 15) is 4.39 Å². The quantitative estimate of drug-likeness (QED) is 0.792. The molecule has 2 nitrogen and oxygen atoms in total. The van der Waals surface area contributed by atoms with E-state index in [4.69, 9.17) is 16.3 Å². The van der Waals surface area contributed by atoms with Gasteiger partial charge in [-0.25, -0.2) is 4.39 Å². The third-order valence-corrected chi connectivity index (χ3v) is 3.65. The van der Waals surface area contributed by atoms with Gasteiger partial charge in [0.1, 0.15) is 18.2 Å². The van der Waals surface area contributed by atoms with E-state index in [2.05, 4.69) is 27.3 Å². The highest BCUT2D eigenvalue weighted by atomic mass is 79.9. The molecule has 0 unspecified atom stereocenters. The van der Waals surface area contributed by atoms with Crippen LogP contribution in [-0.2, 0) is 13.2 Å². The standard InChI is InChI=1S/C15H14BrClFNO/c1-19-8-10-3-2-4-11(5-10)9-20-15-7-14(18)13(17)6-12(15)16/h2-7,19H,8-9H2,1H3. The summed E-state index contributed by atoms with van der Waals surface area (Å²) in [4.78, 5) is 0. The number of hydrogen-bond acceptors (Lipinski definition) is 2. The van der Waals surface area contributed by atoms with Gasteiger partial charge in [-0.05, 0) is 40.2 Å². The molecule has 0 fully saturated rings. The van der Waals surface area contributed by atoms with Crippen LogP contribution in [0.2, 0.25) is 5.02 Å². The molecule has 0 atom stereocenters. The van der Waals surface area contributed by atoms with Crippen molar-refractivity contribution >= 4 is 27.5 Å². The molecule has 0 aromatic heterocycles. The van der Waals surface area contributed by atoms with Crippen molar-refractivity contribution < 1.29 is 9.13 Å². The molecule has 0 saturated carbocycles. The zero-order valence-corrected chi connectivity index (χ0v) is 13.3. The third kappa shape index (κ3) is 3.95. The summed E-state index contributed by atoms with van der Waals surface area (Å²) in [7, 11) is 1.90. The summed E-state index contributed by atoms with van der Waals surface area (Å²) in [5.74, 6) is -0.0558. The molecule has 0 heterocycles. The van der Waals surface area contributed by atoms with Crippen LogP contribution in [-0.4, -0.2) is 7.05 Å². The zero-order valence-electron chi connectivity index (χ0n) is 10.9. The van der Waals surface area contributed by atoms with E-state index in [1.165, 1.54) is 17.7 Å². The summed E-state index contributed by atoms with van der Waals surface area (Å²) in [5.41, 5.74) is 2.20. The van der Waals surface area contributed by atoms with Gasteiger partial charge in [-0.2, -0.15) is 0 Å². The van der Waals surface area contributed by atoms with Crippen molar-refractivity contribution in [2.45, 2.75) is 13.2 Å². The van der Waals surface area contributed by atoms with Crippen LogP contribution < -0.4 is 10.1 Å². The Hall–Kier alpha value is -1.10. The Balaban J connectivity index is 2.08. The molecule has 0 radical (unpaired) electrons. The Kier molecular flexibility index (Phi) is 5.40. The van der Waals surface area contributed by atoms with Crippen molar-refractivity contribution in [1.29, 1.82) is 0 Å². The van der Waals surface area contributed by atoms with E-state index in [1.807, 2.05) is 25.2 Å². The largest absolute Gasteiger partial charge is 0.488 e. The summed E-state index contributed by atoms with van der Waals surface area (Å²) < 4.78 is 19.7. The third-order valence-electron chi connectivity index (χ3n) is 2.74.